The lowest BCUT2D eigenvalue weighted by atomic mass is 10.0. The average molecular weight is 553 g/mol. The average Bonchev–Trinajstić information content (AvgIpc) is 2.90. The van der Waals surface area contributed by atoms with Crippen LogP contribution < -0.4 is 16.1 Å². The zero-order valence-corrected chi connectivity index (χ0v) is 23.8. The van der Waals surface area contributed by atoms with Crippen LogP contribution in [0.4, 0.5) is 4.79 Å². The molecule has 1 unspecified atom stereocenters. The fourth-order valence-electron chi connectivity index (χ4n) is 3.89. The highest BCUT2D eigenvalue weighted by Crippen LogP contribution is 2.10. The van der Waals surface area contributed by atoms with Crippen molar-refractivity contribution in [2.75, 3.05) is 6.54 Å². The van der Waals surface area contributed by atoms with Gasteiger partial charge in [0.05, 0.1) is 0 Å². The molecule has 40 heavy (non-hydrogen) atoms. The Balaban J connectivity index is 2.20. The first kappa shape index (κ1) is 32.0. The van der Waals surface area contributed by atoms with Crippen molar-refractivity contribution in [1.82, 2.24) is 21.1 Å². The second kappa shape index (κ2) is 16.0. The second-order valence-corrected chi connectivity index (χ2v) is 10.5. The molecular weight excluding hydrogens is 512 g/mol. The molecule has 0 aliphatic heterocycles. The van der Waals surface area contributed by atoms with Gasteiger partial charge in [0.1, 0.15) is 18.7 Å². The number of hydrogen-bond donors (Lipinski definition) is 3. The van der Waals surface area contributed by atoms with Crippen LogP contribution in [0.1, 0.15) is 52.2 Å². The van der Waals surface area contributed by atoms with E-state index >= 15 is 0 Å². The van der Waals surface area contributed by atoms with Crippen LogP contribution in [0.5, 0.6) is 0 Å². The fraction of sp³-hybridized carbons (Fsp3) is 0.433. The van der Waals surface area contributed by atoms with E-state index in [0.29, 0.717) is 6.42 Å². The van der Waals surface area contributed by atoms with Crippen LogP contribution in [0.2, 0.25) is 0 Å². The maximum Gasteiger partial charge on any atom is 0.408 e. The summed E-state index contributed by atoms with van der Waals surface area (Å²) in [4.78, 5) is 63.5. The molecule has 3 N–H and O–H groups in total. The number of amides is 4. The van der Waals surface area contributed by atoms with Crippen molar-refractivity contribution >= 4 is 29.6 Å². The number of ether oxygens (including phenoxy) is 1. The number of nitrogens with zero attached hydrogens (tertiary/aromatic N) is 1. The summed E-state index contributed by atoms with van der Waals surface area (Å²) in [5.74, 6) is -2.81. The number of alkyl carbamates (subject to hydrolysis) is 1. The first-order valence-corrected chi connectivity index (χ1v) is 13.4. The smallest absolute Gasteiger partial charge is 0.408 e. The molecular formula is C30H40N4O6. The van der Waals surface area contributed by atoms with E-state index < -0.39 is 41.7 Å². The number of benzene rings is 2. The number of carbonyl (C=O) groups excluding carboxylic acids is 5. The van der Waals surface area contributed by atoms with Gasteiger partial charge in [-0.2, -0.15) is 0 Å². The molecule has 0 bridgehead atoms. The molecule has 2 aromatic carbocycles. The summed E-state index contributed by atoms with van der Waals surface area (Å²) in [5, 5.41) is 6.32. The van der Waals surface area contributed by atoms with Gasteiger partial charge < -0.3 is 15.4 Å². The second-order valence-electron chi connectivity index (χ2n) is 10.5. The number of rotatable bonds is 13. The molecule has 0 aromatic heterocycles. The Kier molecular flexibility index (Phi) is 12.8. The SMILES string of the molecule is CC(=O)C(=O)N(CC(C)C)NC(=O)[C@H](Cc1ccccc1)NC(=O)C(CC(C)C)NC(=O)OCc1ccccc1. The van der Waals surface area contributed by atoms with Gasteiger partial charge in [-0.3, -0.25) is 24.6 Å². The van der Waals surface area contributed by atoms with Crippen LogP contribution in [0.25, 0.3) is 0 Å². The van der Waals surface area contributed by atoms with Crippen LogP contribution in [0.3, 0.4) is 0 Å². The quantitative estimate of drug-likeness (QED) is 0.258. The van der Waals surface area contributed by atoms with Crippen molar-refractivity contribution in [3.8, 4) is 0 Å². The van der Waals surface area contributed by atoms with E-state index in [1.54, 1.807) is 0 Å². The minimum Gasteiger partial charge on any atom is -0.445 e. The Morgan fingerprint density at radius 1 is 0.750 bits per heavy atom. The van der Waals surface area contributed by atoms with Gasteiger partial charge in [0.2, 0.25) is 11.7 Å². The molecule has 216 valence electrons. The number of hydrazine groups is 1. The molecule has 2 aromatic rings. The van der Waals surface area contributed by atoms with Crippen LogP contribution in [0, 0.1) is 11.8 Å². The van der Waals surface area contributed by atoms with Gasteiger partial charge in [0.25, 0.3) is 5.91 Å². The maximum absolute atomic E-state index is 13.4. The normalized spacial score (nSPS) is 12.3. The summed E-state index contributed by atoms with van der Waals surface area (Å²) in [7, 11) is 0. The highest BCUT2D eigenvalue weighted by Gasteiger charge is 2.30. The Labute approximate surface area is 235 Å². The summed E-state index contributed by atoms with van der Waals surface area (Å²) in [6.45, 7) is 8.78. The molecule has 0 fully saturated rings. The van der Waals surface area contributed by atoms with E-state index in [2.05, 4.69) is 16.1 Å². The van der Waals surface area contributed by atoms with Gasteiger partial charge >= 0.3 is 12.0 Å². The Bertz CT molecular complexity index is 1140. The van der Waals surface area contributed by atoms with Gasteiger partial charge in [-0.1, -0.05) is 88.4 Å². The van der Waals surface area contributed by atoms with E-state index in [1.807, 2.05) is 88.4 Å². The predicted octanol–water partition coefficient (Wildman–Crippen LogP) is 3.16. The highest BCUT2D eigenvalue weighted by atomic mass is 16.5. The van der Waals surface area contributed by atoms with Gasteiger partial charge in [-0.25, -0.2) is 9.80 Å². The molecule has 0 radical (unpaired) electrons. The molecule has 2 rings (SSSR count). The molecule has 4 amide bonds. The summed E-state index contributed by atoms with van der Waals surface area (Å²) < 4.78 is 5.29. The molecule has 10 nitrogen and oxygen atoms in total. The third kappa shape index (κ3) is 11.3. The predicted molar refractivity (Wildman–Crippen MR) is 150 cm³/mol. The lowest BCUT2D eigenvalue weighted by Crippen LogP contribution is -2.59. The minimum atomic E-state index is -1.10. The van der Waals surface area contributed by atoms with Crippen LogP contribution in [-0.4, -0.2) is 53.2 Å². The van der Waals surface area contributed by atoms with Crippen molar-refractivity contribution in [1.29, 1.82) is 0 Å². The van der Waals surface area contributed by atoms with Crippen LogP contribution in [-0.2, 0) is 36.9 Å². The van der Waals surface area contributed by atoms with Crippen LogP contribution in [0.15, 0.2) is 60.7 Å². The van der Waals surface area contributed by atoms with Crippen molar-refractivity contribution in [3.63, 3.8) is 0 Å². The largest absolute Gasteiger partial charge is 0.445 e. The van der Waals surface area contributed by atoms with E-state index in [9.17, 15) is 24.0 Å². The zero-order valence-electron chi connectivity index (χ0n) is 23.8. The van der Waals surface area contributed by atoms with E-state index in [4.69, 9.17) is 4.74 Å². The fourth-order valence-corrected chi connectivity index (χ4v) is 3.89. The number of ketones is 1. The first-order valence-electron chi connectivity index (χ1n) is 13.4. The summed E-state index contributed by atoms with van der Waals surface area (Å²) in [5.41, 5.74) is 4.08. The van der Waals surface area contributed by atoms with E-state index in [1.165, 1.54) is 0 Å². The number of carbonyl (C=O) groups is 5. The molecule has 0 spiro atoms. The maximum atomic E-state index is 13.4. The Morgan fingerprint density at radius 3 is 1.85 bits per heavy atom. The summed E-state index contributed by atoms with van der Waals surface area (Å²) in [6.07, 6.45) is -0.340. The van der Waals surface area contributed by atoms with Gasteiger partial charge in [-0.05, 0) is 29.4 Å². The van der Waals surface area contributed by atoms with Gasteiger partial charge in [0.15, 0.2) is 0 Å². The Morgan fingerprint density at radius 2 is 1.32 bits per heavy atom. The standard InChI is InChI=1S/C30H40N4O6/c1-20(2)16-25(32-30(39)40-19-24-14-10-7-11-15-24)27(36)31-26(17-23-12-8-6-9-13-23)28(37)33-34(18-21(3)4)29(38)22(5)35/h6-15,20-21,25-26H,16-19H2,1-5H3,(H,31,36)(H,32,39)(H,33,37)/t25?,26-/m0/s1. The highest BCUT2D eigenvalue weighted by molar-refractivity contribution is 6.35. The summed E-state index contributed by atoms with van der Waals surface area (Å²) >= 11 is 0. The van der Waals surface area contributed by atoms with Crippen molar-refractivity contribution in [2.24, 2.45) is 11.8 Å². The number of Topliss-reactive ketones (excluding diaryl/α,β-unsaturated/α-hetero) is 1. The molecule has 0 aliphatic carbocycles. The van der Waals surface area contributed by atoms with E-state index in [-0.39, 0.29) is 31.4 Å². The van der Waals surface area contributed by atoms with E-state index in [0.717, 1.165) is 23.1 Å². The topological polar surface area (TPSA) is 134 Å². The monoisotopic (exact) mass is 552 g/mol. The number of hydrogen-bond acceptors (Lipinski definition) is 6. The molecule has 0 saturated carbocycles. The molecule has 10 heteroatoms. The third-order valence-electron chi connectivity index (χ3n) is 5.78. The third-order valence-corrected chi connectivity index (χ3v) is 5.78. The van der Waals surface area contributed by atoms with Crippen molar-refractivity contribution in [2.45, 2.75) is 66.2 Å². The molecule has 0 saturated heterocycles. The molecule has 0 aliphatic rings. The van der Waals surface area contributed by atoms with Gasteiger partial charge in [-0.15, -0.1) is 0 Å². The molecule has 0 heterocycles. The summed E-state index contributed by atoms with van der Waals surface area (Å²) in [6, 6.07) is 16.1. The lowest BCUT2D eigenvalue weighted by Gasteiger charge is -2.28. The van der Waals surface area contributed by atoms with Crippen molar-refractivity contribution < 1.29 is 28.7 Å². The lowest BCUT2D eigenvalue weighted by molar-refractivity contribution is -0.150. The molecule has 2 atom stereocenters. The van der Waals surface area contributed by atoms with Crippen molar-refractivity contribution in [3.05, 3.63) is 71.8 Å². The minimum absolute atomic E-state index is 0.0349. The first-order chi connectivity index (χ1) is 19.0. The zero-order chi connectivity index (χ0) is 29.7. The van der Waals surface area contributed by atoms with Gasteiger partial charge in [0, 0.05) is 19.9 Å². The number of nitrogens with one attached hydrogen (secondary N) is 3. The van der Waals surface area contributed by atoms with Crippen LogP contribution >= 0.6 is 0 Å². The Hall–Kier alpha value is -4.21.